The van der Waals surface area contributed by atoms with Gasteiger partial charge in [-0.2, -0.15) is 5.10 Å². The second-order valence-corrected chi connectivity index (χ2v) is 8.41. The number of primary amides is 1. The molecule has 0 bridgehead atoms. The van der Waals surface area contributed by atoms with Gasteiger partial charge in [0.25, 0.3) is 11.8 Å². The van der Waals surface area contributed by atoms with E-state index in [1.54, 1.807) is 17.0 Å². The lowest BCUT2D eigenvalue weighted by atomic mass is 10.1. The minimum absolute atomic E-state index is 0.0938. The number of aromatic nitrogens is 2. The van der Waals surface area contributed by atoms with Crippen molar-refractivity contribution < 1.29 is 14.3 Å². The van der Waals surface area contributed by atoms with E-state index in [1.807, 2.05) is 29.8 Å². The molecular formula is C20H22N4O3S. The number of carbonyl (C=O) groups excluding carboxylic acids is 2. The molecule has 7 nitrogen and oxygen atoms in total. The average molecular weight is 398 g/mol. The highest BCUT2D eigenvalue weighted by Crippen LogP contribution is 2.36. The number of anilines is 1. The number of carbonyl (C=O) groups is 2. The van der Waals surface area contributed by atoms with Gasteiger partial charge in [-0.25, -0.2) is 0 Å². The van der Waals surface area contributed by atoms with Crippen LogP contribution in [0.25, 0.3) is 10.2 Å². The Balaban J connectivity index is 1.73. The molecule has 0 aliphatic carbocycles. The Labute approximate surface area is 166 Å². The highest BCUT2D eigenvalue weighted by molar-refractivity contribution is 7.20. The third-order valence-electron chi connectivity index (χ3n) is 4.69. The van der Waals surface area contributed by atoms with Gasteiger partial charge in [0.05, 0.1) is 22.8 Å². The summed E-state index contributed by atoms with van der Waals surface area (Å²) in [5.74, 6) is 0.172. The molecule has 2 N–H and O–H groups in total. The highest BCUT2D eigenvalue weighted by Gasteiger charge is 2.34. The van der Waals surface area contributed by atoms with Gasteiger partial charge in [-0.15, -0.1) is 11.3 Å². The van der Waals surface area contributed by atoms with Crippen LogP contribution in [0.1, 0.15) is 29.2 Å². The molecule has 0 fully saturated rings. The maximum absolute atomic E-state index is 13.3. The predicted molar refractivity (Wildman–Crippen MR) is 109 cm³/mol. The number of fused-ring (bicyclic) bond motifs is 2. The molecule has 146 valence electrons. The van der Waals surface area contributed by atoms with Crippen molar-refractivity contribution in [2.75, 3.05) is 11.4 Å². The summed E-state index contributed by atoms with van der Waals surface area (Å²) < 4.78 is 7.62. The van der Waals surface area contributed by atoms with Crippen molar-refractivity contribution in [3.63, 3.8) is 0 Å². The number of nitrogens with two attached hydrogens (primary N) is 1. The molecule has 4 rings (SSSR count). The van der Waals surface area contributed by atoms with Crippen LogP contribution in [0, 0.1) is 12.8 Å². The molecule has 2 aromatic heterocycles. The minimum atomic E-state index is -0.869. The molecule has 0 radical (unpaired) electrons. The number of thiophene rings is 1. The van der Waals surface area contributed by atoms with E-state index in [-0.39, 0.29) is 12.5 Å². The molecule has 28 heavy (non-hydrogen) atoms. The number of hydrogen-bond donors (Lipinski definition) is 1. The smallest absolute Gasteiger partial charge is 0.268 e. The van der Waals surface area contributed by atoms with Crippen LogP contribution < -0.4 is 15.4 Å². The van der Waals surface area contributed by atoms with Crippen LogP contribution in [0.2, 0.25) is 0 Å². The number of rotatable bonds is 4. The first-order chi connectivity index (χ1) is 13.3. The number of benzene rings is 1. The molecular weight excluding hydrogens is 376 g/mol. The maximum atomic E-state index is 13.3. The number of nitrogens with zero attached hydrogens (tertiary/aromatic N) is 3. The van der Waals surface area contributed by atoms with Gasteiger partial charge in [-0.1, -0.05) is 26.0 Å². The van der Waals surface area contributed by atoms with E-state index in [0.29, 0.717) is 22.2 Å². The van der Waals surface area contributed by atoms with E-state index in [1.165, 1.54) is 11.3 Å². The van der Waals surface area contributed by atoms with Crippen LogP contribution in [0.3, 0.4) is 0 Å². The monoisotopic (exact) mass is 398 g/mol. The molecule has 8 heteroatoms. The third kappa shape index (κ3) is 3.13. The van der Waals surface area contributed by atoms with E-state index in [9.17, 15) is 9.59 Å². The molecule has 1 aliphatic heterocycles. The van der Waals surface area contributed by atoms with Crippen LogP contribution in [0.15, 0.2) is 30.3 Å². The van der Waals surface area contributed by atoms with E-state index in [2.05, 4.69) is 18.9 Å². The Morgan fingerprint density at radius 2 is 2.11 bits per heavy atom. The molecule has 2 amide bonds. The molecule has 1 atom stereocenters. The van der Waals surface area contributed by atoms with Crippen molar-refractivity contribution in [2.45, 2.75) is 33.4 Å². The van der Waals surface area contributed by atoms with E-state index in [4.69, 9.17) is 10.5 Å². The summed E-state index contributed by atoms with van der Waals surface area (Å²) >= 11 is 1.43. The van der Waals surface area contributed by atoms with Crippen LogP contribution >= 0.6 is 11.3 Å². The predicted octanol–water partition coefficient (Wildman–Crippen LogP) is 2.96. The molecule has 0 unspecified atom stereocenters. The Morgan fingerprint density at radius 1 is 1.36 bits per heavy atom. The molecule has 3 aromatic rings. The standard InChI is InChI=1S/C20H22N4O3S/c1-11(2)9-24-20-13(12(3)22-24)8-17(28-20)19(26)23-10-16(18(21)25)27-15-7-5-4-6-14(15)23/h4-8,11,16H,9-10H2,1-3H3,(H2,21,25)/t16-/m1/s1. The fourth-order valence-electron chi connectivity index (χ4n) is 3.40. The maximum Gasteiger partial charge on any atom is 0.268 e. The molecule has 1 aliphatic rings. The highest BCUT2D eigenvalue weighted by atomic mass is 32.1. The number of ether oxygens (including phenoxy) is 1. The van der Waals surface area contributed by atoms with Crippen LogP contribution in [-0.2, 0) is 11.3 Å². The van der Waals surface area contributed by atoms with Crippen molar-refractivity contribution in [1.29, 1.82) is 0 Å². The van der Waals surface area contributed by atoms with Crippen molar-refractivity contribution in [1.82, 2.24) is 9.78 Å². The Bertz CT molecular complexity index is 1070. The summed E-state index contributed by atoms with van der Waals surface area (Å²) in [6, 6.07) is 9.07. The van der Waals surface area contributed by atoms with Crippen LogP contribution in [0.5, 0.6) is 5.75 Å². The first-order valence-corrected chi connectivity index (χ1v) is 10.0. The first kappa shape index (κ1) is 18.5. The van der Waals surface area contributed by atoms with Gasteiger partial charge in [0.15, 0.2) is 6.10 Å². The Morgan fingerprint density at radius 3 is 2.82 bits per heavy atom. The van der Waals surface area contributed by atoms with Crippen LogP contribution in [-0.4, -0.2) is 34.2 Å². The van der Waals surface area contributed by atoms with Crippen molar-refractivity contribution in [2.24, 2.45) is 11.7 Å². The second-order valence-electron chi connectivity index (χ2n) is 7.38. The van der Waals surface area contributed by atoms with Gasteiger partial charge in [-0.3, -0.25) is 19.2 Å². The largest absolute Gasteiger partial charge is 0.477 e. The Kier molecular flexibility index (Phi) is 4.58. The fraction of sp³-hybridized carbons (Fsp3) is 0.350. The summed E-state index contributed by atoms with van der Waals surface area (Å²) in [6.07, 6.45) is -0.869. The normalized spacial score (nSPS) is 16.3. The zero-order valence-corrected chi connectivity index (χ0v) is 16.8. The number of para-hydroxylation sites is 2. The number of aryl methyl sites for hydroxylation is 1. The first-order valence-electron chi connectivity index (χ1n) is 9.19. The van der Waals surface area contributed by atoms with Crippen molar-refractivity contribution >= 4 is 39.1 Å². The topological polar surface area (TPSA) is 90.5 Å². The average Bonchev–Trinajstić information content (AvgIpc) is 3.21. The SMILES string of the molecule is Cc1nn(CC(C)C)c2sc(C(=O)N3C[C@H](C(N)=O)Oc4ccccc43)cc12. The quantitative estimate of drug-likeness (QED) is 0.732. The lowest BCUT2D eigenvalue weighted by Crippen LogP contribution is -2.49. The van der Waals surface area contributed by atoms with Gasteiger partial charge < -0.3 is 10.5 Å². The van der Waals surface area contributed by atoms with E-state index >= 15 is 0 Å². The lowest BCUT2D eigenvalue weighted by molar-refractivity contribution is -0.124. The summed E-state index contributed by atoms with van der Waals surface area (Å²) in [5, 5.41) is 5.58. The Hall–Kier alpha value is -2.87. The van der Waals surface area contributed by atoms with Gasteiger partial charge in [0.1, 0.15) is 10.6 Å². The summed E-state index contributed by atoms with van der Waals surface area (Å²) in [5.41, 5.74) is 6.99. The molecule has 1 aromatic carbocycles. The van der Waals surface area contributed by atoms with Crippen molar-refractivity contribution in [3.8, 4) is 5.75 Å². The number of amides is 2. The van der Waals surface area contributed by atoms with Gasteiger partial charge >= 0.3 is 0 Å². The second kappa shape index (κ2) is 6.94. The zero-order valence-electron chi connectivity index (χ0n) is 16.0. The summed E-state index contributed by atoms with van der Waals surface area (Å²) in [4.78, 5) is 28.2. The molecule has 0 saturated carbocycles. The zero-order chi connectivity index (χ0) is 20.0. The summed E-state index contributed by atoms with van der Waals surface area (Å²) in [7, 11) is 0. The minimum Gasteiger partial charge on any atom is -0.477 e. The number of hydrogen-bond acceptors (Lipinski definition) is 5. The molecule has 0 saturated heterocycles. The van der Waals surface area contributed by atoms with Gasteiger partial charge in [-0.05, 0) is 31.0 Å². The fourth-order valence-corrected chi connectivity index (χ4v) is 4.52. The molecule has 0 spiro atoms. The van der Waals surface area contributed by atoms with Gasteiger partial charge in [0.2, 0.25) is 0 Å². The third-order valence-corrected chi connectivity index (χ3v) is 5.83. The molecule has 3 heterocycles. The van der Waals surface area contributed by atoms with Crippen molar-refractivity contribution in [3.05, 3.63) is 40.9 Å². The van der Waals surface area contributed by atoms with E-state index < -0.39 is 12.0 Å². The lowest BCUT2D eigenvalue weighted by Gasteiger charge is -2.33. The van der Waals surface area contributed by atoms with Gasteiger partial charge in [0, 0.05) is 11.9 Å². The van der Waals surface area contributed by atoms with Crippen LogP contribution in [0.4, 0.5) is 5.69 Å². The summed E-state index contributed by atoms with van der Waals surface area (Å²) in [6.45, 7) is 7.11. The van der Waals surface area contributed by atoms with E-state index in [0.717, 1.165) is 22.5 Å².